The van der Waals surface area contributed by atoms with E-state index in [1.54, 1.807) is 12.1 Å². The van der Waals surface area contributed by atoms with E-state index < -0.39 is 0 Å². The third-order valence-corrected chi connectivity index (χ3v) is 3.65. The molecule has 1 aromatic carbocycles. The summed E-state index contributed by atoms with van der Waals surface area (Å²) in [5.74, 6) is 0.742. The number of aliphatic hydroxyl groups is 1. The monoisotopic (exact) mass is 256 g/mol. The number of rotatable bonds is 2. The second-order valence-electron chi connectivity index (χ2n) is 5.08. The number of fused-ring (bicyclic) bond motifs is 1. The maximum absolute atomic E-state index is 9.48. The minimum atomic E-state index is -0.146. The quantitative estimate of drug-likeness (QED) is 0.768. The fourth-order valence-electron chi connectivity index (χ4n) is 2.56. The first-order chi connectivity index (χ1) is 9.24. The molecule has 1 aromatic heterocycles. The Morgan fingerprint density at radius 1 is 1.32 bits per heavy atom. The Kier molecular flexibility index (Phi) is 3.10. The fourth-order valence-corrected chi connectivity index (χ4v) is 2.56. The third-order valence-electron chi connectivity index (χ3n) is 3.65. The van der Waals surface area contributed by atoms with Crippen molar-refractivity contribution in [1.29, 1.82) is 5.26 Å². The molecule has 19 heavy (non-hydrogen) atoms. The topological polar surface area (TPSA) is 84.7 Å². The van der Waals surface area contributed by atoms with Crippen molar-refractivity contribution in [3.05, 3.63) is 23.8 Å². The van der Waals surface area contributed by atoms with Gasteiger partial charge in [0.15, 0.2) is 0 Å². The zero-order chi connectivity index (χ0) is 13.2. The Morgan fingerprint density at radius 2 is 2.11 bits per heavy atom. The zero-order valence-corrected chi connectivity index (χ0v) is 10.6. The number of H-pyrrole nitrogens is 1. The lowest BCUT2D eigenvalue weighted by molar-refractivity contribution is 0.126. The third kappa shape index (κ3) is 2.54. The number of benzene rings is 1. The van der Waals surface area contributed by atoms with Crippen LogP contribution in [0.1, 0.15) is 31.2 Å². The van der Waals surface area contributed by atoms with Crippen LogP contribution in [0, 0.1) is 11.3 Å². The van der Waals surface area contributed by atoms with Gasteiger partial charge in [-0.3, -0.25) is 0 Å². The molecule has 0 spiro atoms. The van der Waals surface area contributed by atoms with E-state index in [2.05, 4.69) is 21.4 Å². The molecule has 0 atom stereocenters. The summed E-state index contributed by atoms with van der Waals surface area (Å²) in [6.45, 7) is 0. The second-order valence-corrected chi connectivity index (χ2v) is 5.08. The van der Waals surface area contributed by atoms with Crippen LogP contribution in [0.5, 0.6) is 0 Å². The van der Waals surface area contributed by atoms with Gasteiger partial charge in [0.05, 0.1) is 28.8 Å². The zero-order valence-electron chi connectivity index (χ0n) is 10.6. The number of nitriles is 1. The number of imidazole rings is 1. The van der Waals surface area contributed by atoms with Crippen LogP contribution in [0.25, 0.3) is 11.0 Å². The van der Waals surface area contributed by atoms with Crippen molar-refractivity contribution >= 4 is 17.0 Å². The molecule has 98 valence electrons. The van der Waals surface area contributed by atoms with Gasteiger partial charge in [-0.15, -0.1) is 0 Å². The van der Waals surface area contributed by atoms with Gasteiger partial charge >= 0.3 is 0 Å². The molecule has 1 aliphatic rings. The van der Waals surface area contributed by atoms with E-state index in [0.29, 0.717) is 11.6 Å². The van der Waals surface area contributed by atoms with Crippen molar-refractivity contribution in [2.45, 2.75) is 37.8 Å². The summed E-state index contributed by atoms with van der Waals surface area (Å²) in [7, 11) is 0. The summed E-state index contributed by atoms with van der Waals surface area (Å²) in [6, 6.07) is 7.90. The van der Waals surface area contributed by atoms with Gasteiger partial charge in [0, 0.05) is 6.04 Å². The first kappa shape index (κ1) is 12.0. The first-order valence-electron chi connectivity index (χ1n) is 6.59. The molecule has 1 heterocycles. The lowest BCUT2D eigenvalue weighted by Crippen LogP contribution is -2.28. The van der Waals surface area contributed by atoms with Crippen molar-refractivity contribution in [1.82, 2.24) is 9.97 Å². The maximum Gasteiger partial charge on any atom is 0.201 e. The number of hydrogen-bond acceptors (Lipinski definition) is 4. The lowest BCUT2D eigenvalue weighted by atomic mass is 9.93. The van der Waals surface area contributed by atoms with Gasteiger partial charge in [0.1, 0.15) is 0 Å². The summed E-state index contributed by atoms with van der Waals surface area (Å²) in [4.78, 5) is 7.66. The van der Waals surface area contributed by atoms with E-state index in [1.165, 1.54) is 0 Å². The minimum absolute atomic E-state index is 0.146. The van der Waals surface area contributed by atoms with Gasteiger partial charge in [-0.05, 0) is 43.9 Å². The molecule has 3 rings (SSSR count). The molecule has 5 nitrogen and oxygen atoms in total. The molecule has 3 N–H and O–H groups in total. The van der Waals surface area contributed by atoms with E-state index in [9.17, 15) is 5.11 Å². The summed E-state index contributed by atoms with van der Waals surface area (Å²) in [6.07, 6.45) is 3.46. The molecule has 5 heteroatoms. The average molecular weight is 256 g/mol. The van der Waals surface area contributed by atoms with E-state index in [-0.39, 0.29) is 6.10 Å². The van der Waals surface area contributed by atoms with Gasteiger partial charge in [-0.1, -0.05) is 0 Å². The Hall–Kier alpha value is -2.06. The predicted octanol–water partition coefficient (Wildman–Crippen LogP) is 2.15. The van der Waals surface area contributed by atoms with Crippen molar-refractivity contribution in [2.75, 3.05) is 5.32 Å². The van der Waals surface area contributed by atoms with Crippen molar-refractivity contribution in [3.63, 3.8) is 0 Å². The number of aromatic nitrogens is 2. The lowest BCUT2D eigenvalue weighted by Gasteiger charge is -2.25. The highest BCUT2D eigenvalue weighted by Gasteiger charge is 2.19. The van der Waals surface area contributed by atoms with Gasteiger partial charge in [-0.2, -0.15) is 5.26 Å². The summed E-state index contributed by atoms with van der Waals surface area (Å²) in [5.41, 5.74) is 2.36. The Labute approximate surface area is 111 Å². The number of anilines is 1. The molecule has 2 aromatic rings. The maximum atomic E-state index is 9.48. The van der Waals surface area contributed by atoms with Gasteiger partial charge in [-0.25, -0.2) is 4.98 Å². The largest absolute Gasteiger partial charge is 0.393 e. The van der Waals surface area contributed by atoms with Crippen LogP contribution in [0.15, 0.2) is 18.2 Å². The Morgan fingerprint density at radius 3 is 2.84 bits per heavy atom. The Balaban J connectivity index is 1.76. The van der Waals surface area contributed by atoms with Crippen molar-refractivity contribution < 1.29 is 5.11 Å². The number of nitrogens with one attached hydrogen (secondary N) is 2. The van der Waals surface area contributed by atoms with Crippen LogP contribution < -0.4 is 5.32 Å². The molecule has 0 radical (unpaired) electrons. The van der Waals surface area contributed by atoms with Crippen LogP contribution in [-0.4, -0.2) is 27.2 Å². The molecule has 1 saturated carbocycles. The van der Waals surface area contributed by atoms with Crippen LogP contribution >= 0.6 is 0 Å². The van der Waals surface area contributed by atoms with Crippen molar-refractivity contribution in [3.8, 4) is 6.07 Å². The standard InChI is InChI=1S/C14H16N4O/c15-8-9-1-6-12-13(7-9)18-14(17-12)16-10-2-4-11(19)5-3-10/h1,6-7,10-11,19H,2-5H2,(H2,16,17,18). The fraction of sp³-hybridized carbons (Fsp3) is 0.429. The second kappa shape index (κ2) is 4.90. The molecule has 1 fully saturated rings. The highest BCUT2D eigenvalue weighted by Crippen LogP contribution is 2.22. The molecule has 0 bridgehead atoms. The SMILES string of the molecule is N#Cc1ccc2nc(NC3CCC(O)CC3)[nH]c2c1. The predicted molar refractivity (Wildman–Crippen MR) is 72.7 cm³/mol. The number of aliphatic hydroxyl groups excluding tert-OH is 1. The summed E-state index contributed by atoms with van der Waals surface area (Å²) < 4.78 is 0. The molecule has 0 saturated heterocycles. The van der Waals surface area contributed by atoms with Crippen LogP contribution in [0.3, 0.4) is 0 Å². The highest BCUT2D eigenvalue weighted by atomic mass is 16.3. The summed E-state index contributed by atoms with van der Waals surface area (Å²) in [5, 5.41) is 21.7. The highest BCUT2D eigenvalue weighted by molar-refractivity contribution is 5.79. The van der Waals surface area contributed by atoms with Crippen LogP contribution in [0.4, 0.5) is 5.95 Å². The summed E-state index contributed by atoms with van der Waals surface area (Å²) >= 11 is 0. The number of hydrogen-bond donors (Lipinski definition) is 3. The number of nitrogens with zero attached hydrogens (tertiary/aromatic N) is 2. The van der Waals surface area contributed by atoms with Gasteiger partial charge in [0.2, 0.25) is 5.95 Å². The van der Waals surface area contributed by atoms with Crippen molar-refractivity contribution in [2.24, 2.45) is 0 Å². The molecule has 0 aliphatic heterocycles. The normalized spacial score (nSPS) is 23.2. The molecule has 0 unspecified atom stereocenters. The first-order valence-corrected chi connectivity index (χ1v) is 6.59. The smallest absolute Gasteiger partial charge is 0.201 e. The van der Waals surface area contributed by atoms with Gasteiger partial charge in [0.25, 0.3) is 0 Å². The number of aromatic amines is 1. The van der Waals surface area contributed by atoms with E-state index >= 15 is 0 Å². The minimum Gasteiger partial charge on any atom is -0.393 e. The Bertz CT molecular complexity index is 620. The van der Waals surface area contributed by atoms with Gasteiger partial charge < -0.3 is 15.4 Å². The molecule has 0 amide bonds. The molecular weight excluding hydrogens is 240 g/mol. The van der Waals surface area contributed by atoms with E-state index in [0.717, 1.165) is 42.7 Å². The van der Waals surface area contributed by atoms with Crippen LogP contribution in [-0.2, 0) is 0 Å². The van der Waals surface area contributed by atoms with E-state index in [1.807, 2.05) is 6.07 Å². The van der Waals surface area contributed by atoms with Crippen LogP contribution in [0.2, 0.25) is 0 Å². The average Bonchev–Trinajstić information content (AvgIpc) is 2.82. The van der Waals surface area contributed by atoms with E-state index in [4.69, 9.17) is 5.26 Å². The molecular formula is C14H16N4O. The molecule has 1 aliphatic carbocycles.